The highest BCUT2D eigenvalue weighted by atomic mass is 19.1. The maximum absolute atomic E-state index is 14.6. The molecule has 0 aliphatic heterocycles. The number of aromatic nitrogens is 2. The van der Waals surface area contributed by atoms with Gasteiger partial charge in [0.15, 0.2) is 11.6 Å². The van der Waals surface area contributed by atoms with Gasteiger partial charge in [-0.2, -0.15) is 5.10 Å². The maximum Gasteiger partial charge on any atom is 0.227 e. The summed E-state index contributed by atoms with van der Waals surface area (Å²) in [6, 6.07) is 22.6. The van der Waals surface area contributed by atoms with Crippen LogP contribution >= 0.6 is 0 Å². The smallest absolute Gasteiger partial charge is 0.227 e. The Bertz CT molecular complexity index is 1290. The summed E-state index contributed by atoms with van der Waals surface area (Å²) in [5, 5.41) is 15.6. The first-order valence-electron chi connectivity index (χ1n) is 12.5. The second-order valence-corrected chi connectivity index (χ2v) is 9.72. The predicted octanol–water partition coefficient (Wildman–Crippen LogP) is 6.31. The van der Waals surface area contributed by atoms with Crippen molar-refractivity contribution in [2.75, 3.05) is 13.1 Å². The molecule has 3 aromatic carbocycles. The zero-order chi connectivity index (χ0) is 26.4. The Labute approximate surface area is 216 Å². The second kappa shape index (κ2) is 12.1. The maximum atomic E-state index is 14.6. The number of aliphatic hydroxyl groups is 1. The van der Waals surface area contributed by atoms with Gasteiger partial charge in [0.05, 0.1) is 23.0 Å². The Kier molecular flexibility index (Phi) is 8.69. The van der Waals surface area contributed by atoms with E-state index in [2.05, 4.69) is 18.7 Å². The summed E-state index contributed by atoms with van der Waals surface area (Å²) in [6.07, 6.45) is -0.0218. The molecule has 1 heterocycles. The zero-order valence-corrected chi connectivity index (χ0v) is 21.4. The SMILES string of the molecule is Cc1nn(-c2ccccc2)c(Oc2ccc(F)cc2F)c1CN(CC(C)C)C[C@@H](O)Cc1ccccc1. The Balaban J connectivity index is 1.66. The highest BCUT2D eigenvalue weighted by Crippen LogP contribution is 2.33. The third-order valence-electron chi connectivity index (χ3n) is 6.03. The van der Waals surface area contributed by atoms with Crippen molar-refractivity contribution in [3.8, 4) is 17.3 Å². The lowest BCUT2D eigenvalue weighted by Crippen LogP contribution is -2.35. The van der Waals surface area contributed by atoms with E-state index in [1.807, 2.05) is 67.6 Å². The summed E-state index contributed by atoms with van der Waals surface area (Å²) in [5.74, 6) is -0.831. The van der Waals surface area contributed by atoms with E-state index in [1.165, 1.54) is 12.1 Å². The first kappa shape index (κ1) is 26.5. The van der Waals surface area contributed by atoms with Gasteiger partial charge < -0.3 is 9.84 Å². The number of rotatable bonds is 11. The number of hydrogen-bond donors (Lipinski definition) is 1. The van der Waals surface area contributed by atoms with Gasteiger partial charge in [-0.3, -0.25) is 4.90 Å². The minimum atomic E-state index is -0.790. The number of benzene rings is 3. The fourth-order valence-corrected chi connectivity index (χ4v) is 4.42. The minimum Gasteiger partial charge on any atom is -0.435 e. The number of para-hydroxylation sites is 1. The van der Waals surface area contributed by atoms with Crippen LogP contribution in [0.5, 0.6) is 11.6 Å². The Morgan fingerprint density at radius 1 is 0.946 bits per heavy atom. The van der Waals surface area contributed by atoms with Gasteiger partial charge in [0.25, 0.3) is 0 Å². The molecular weight excluding hydrogens is 472 g/mol. The van der Waals surface area contributed by atoms with Crippen LogP contribution in [-0.2, 0) is 13.0 Å². The lowest BCUT2D eigenvalue weighted by molar-refractivity contribution is 0.101. The van der Waals surface area contributed by atoms with Crippen LogP contribution in [-0.4, -0.2) is 39.0 Å². The van der Waals surface area contributed by atoms with E-state index in [1.54, 1.807) is 4.68 Å². The quantitative estimate of drug-likeness (QED) is 0.259. The third kappa shape index (κ3) is 7.02. The summed E-state index contributed by atoms with van der Waals surface area (Å²) in [6.45, 7) is 7.78. The van der Waals surface area contributed by atoms with Crippen molar-refractivity contribution in [3.63, 3.8) is 0 Å². The minimum absolute atomic E-state index is 0.0840. The molecule has 1 N–H and O–H groups in total. The second-order valence-electron chi connectivity index (χ2n) is 9.72. The molecule has 0 spiro atoms. The molecule has 7 heteroatoms. The summed E-state index contributed by atoms with van der Waals surface area (Å²) in [7, 11) is 0. The van der Waals surface area contributed by atoms with Crippen LogP contribution in [0.2, 0.25) is 0 Å². The molecule has 0 amide bonds. The van der Waals surface area contributed by atoms with Gasteiger partial charge in [0, 0.05) is 25.7 Å². The largest absolute Gasteiger partial charge is 0.435 e. The van der Waals surface area contributed by atoms with E-state index in [0.29, 0.717) is 31.3 Å². The van der Waals surface area contributed by atoms with Crippen molar-refractivity contribution in [2.45, 2.75) is 39.8 Å². The molecule has 0 unspecified atom stereocenters. The highest BCUT2D eigenvalue weighted by molar-refractivity contribution is 5.43. The third-order valence-corrected chi connectivity index (χ3v) is 6.03. The monoisotopic (exact) mass is 505 g/mol. The van der Waals surface area contributed by atoms with Crippen molar-refractivity contribution in [1.82, 2.24) is 14.7 Å². The van der Waals surface area contributed by atoms with Crippen molar-refractivity contribution in [3.05, 3.63) is 107 Å². The van der Waals surface area contributed by atoms with Gasteiger partial charge in [-0.05, 0) is 49.1 Å². The van der Waals surface area contributed by atoms with Crippen LogP contribution in [0, 0.1) is 24.5 Å². The van der Waals surface area contributed by atoms with Crippen LogP contribution < -0.4 is 4.74 Å². The molecule has 0 fully saturated rings. The average molecular weight is 506 g/mol. The molecule has 0 aliphatic carbocycles. The van der Waals surface area contributed by atoms with E-state index < -0.39 is 17.7 Å². The molecule has 0 saturated carbocycles. The number of aryl methyl sites for hydroxylation is 1. The molecular formula is C30H33F2N3O2. The van der Waals surface area contributed by atoms with E-state index in [9.17, 15) is 13.9 Å². The molecule has 194 valence electrons. The van der Waals surface area contributed by atoms with Gasteiger partial charge in [-0.25, -0.2) is 13.5 Å². The molecule has 1 aromatic heterocycles. The van der Waals surface area contributed by atoms with E-state index in [4.69, 9.17) is 9.84 Å². The van der Waals surface area contributed by atoms with Crippen molar-refractivity contribution >= 4 is 0 Å². The molecule has 4 aromatic rings. The number of ether oxygens (including phenoxy) is 1. The Hall–Kier alpha value is -3.55. The molecule has 5 nitrogen and oxygen atoms in total. The first-order chi connectivity index (χ1) is 17.8. The van der Waals surface area contributed by atoms with Crippen molar-refractivity contribution in [2.24, 2.45) is 5.92 Å². The molecule has 1 atom stereocenters. The molecule has 0 bridgehead atoms. The van der Waals surface area contributed by atoms with Crippen LogP contribution in [0.15, 0.2) is 78.9 Å². The Morgan fingerprint density at radius 2 is 1.62 bits per heavy atom. The molecule has 0 saturated heterocycles. The number of aliphatic hydroxyl groups excluding tert-OH is 1. The summed E-state index contributed by atoms with van der Waals surface area (Å²) < 4.78 is 35.8. The van der Waals surface area contributed by atoms with E-state index in [0.717, 1.165) is 35.1 Å². The molecule has 0 aliphatic rings. The summed E-state index contributed by atoms with van der Waals surface area (Å²) in [4.78, 5) is 2.17. The topological polar surface area (TPSA) is 50.5 Å². The van der Waals surface area contributed by atoms with Gasteiger partial charge in [0.2, 0.25) is 5.88 Å². The van der Waals surface area contributed by atoms with Gasteiger partial charge in [0.1, 0.15) is 5.82 Å². The van der Waals surface area contributed by atoms with Crippen LogP contribution in [0.25, 0.3) is 5.69 Å². The van der Waals surface area contributed by atoms with Gasteiger partial charge in [-0.1, -0.05) is 62.4 Å². The van der Waals surface area contributed by atoms with E-state index >= 15 is 0 Å². The number of halogens is 2. The predicted molar refractivity (Wildman–Crippen MR) is 141 cm³/mol. The average Bonchev–Trinajstić information content (AvgIpc) is 3.16. The first-order valence-corrected chi connectivity index (χ1v) is 12.5. The van der Waals surface area contributed by atoms with Crippen molar-refractivity contribution < 1.29 is 18.6 Å². The van der Waals surface area contributed by atoms with E-state index in [-0.39, 0.29) is 5.75 Å². The van der Waals surface area contributed by atoms with Crippen LogP contribution in [0.4, 0.5) is 8.78 Å². The van der Waals surface area contributed by atoms with Gasteiger partial charge in [-0.15, -0.1) is 0 Å². The fourth-order valence-electron chi connectivity index (χ4n) is 4.42. The molecule has 0 radical (unpaired) electrons. The Morgan fingerprint density at radius 3 is 2.27 bits per heavy atom. The lowest BCUT2D eigenvalue weighted by atomic mass is 10.1. The summed E-state index contributed by atoms with van der Waals surface area (Å²) in [5.41, 5.74) is 3.34. The lowest BCUT2D eigenvalue weighted by Gasteiger charge is -2.27. The molecule has 37 heavy (non-hydrogen) atoms. The van der Waals surface area contributed by atoms with Crippen molar-refractivity contribution in [1.29, 1.82) is 0 Å². The fraction of sp³-hybridized carbons (Fsp3) is 0.300. The van der Waals surface area contributed by atoms with Gasteiger partial charge >= 0.3 is 0 Å². The molecule has 4 rings (SSSR count). The van der Waals surface area contributed by atoms with Crippen LogP contribution in [0.1, 0.15) is 30.7 Å². The van der Waals surface area contributed by atoms with Crippen LogP contribution in [0.3, 0.4) is 0 Å². The zero-order valence-electron chi connectivity index (χ0n) is 21.4. The number of hydrogen-bond acceptors (Lipinski definition) is 4. The standard InChI is InChI=1S/C30H33F2N3O2/c1-21(2)18-34(19-26(36)16-23-10-6-4-7-11-23)20-27-22(3)33-35(25-12-8-5-9-13-25)30(27)37-29-15-14-24(31)17-28(29)32/h4-15,17,21,26,36H,16,18-20H2,1-3H3/t26-/m0/s1. The summed E-state index contributed by atoms with van der Waals surface area (Å²) >= 11 is 0. The normalized spacial score (nSPS) is 12.3. The highest BCUT2D eigenvalue weighted by Gasteiger charge is 2.24. The number of nitrogens with zero attached hydrogens (tertiary/aromatic N) is 3.